The van der Waals surface area contributed by atoms with Gasteiger partial charge in [0, 0.05) is 48.7 Å². The van der Waals surface area contributed by atoms with Crippen molar-refractivity contribution in [1.29, 1.82) is 0 Å². The summed E-state index contributed by atoms with van der Waals surface area (Å²) >= 11 is 6.05. The molecule has 1 fully saturated rings. The van der Waals surface area contributed by atoms with E-state index in [1.54, 1.807) is 6.20 Å². The molecule has 1 aliphatic heterocycles. The van der Waals surface area contributed by atoms with Gasteiger partial charge in [-0.2, -0.15) is 0 Å². The van der Waals surface area contributed by atoms with Crippen molar-refractivity contribution in [1.82, 2.24) is 15.6 Å². The summed E-state index contributed by atoms with van der Waals surface area (Å²) in [5, 5.41) is 7.49. The van der Waals surface area contributed by atoms with Crippen molar-refractivity contribution in [3.05, 3.63) is 29.0 Å². The average Bonchev–Trinajstić information content (AvgIpc) is 2.20. The molecule has 1 aliphatic rings. The van der Waals surface area contributed by atoms with Gasteiger partial charge in [0.05, 0.1) is 0 Å². The van der Waals surface area contributed by atoms with Gasteiger partial charge in [-0.3, -0.25) is 4.98 Å². The molecule has 0 spiro atoms. The Morgan fingerprint density at radius 1 is 1.46 bits per heavy atom. The summed E-state index contributed by atoms with van der Waals surface area (Å²) in [6.45, 7) is 2.93. The topological polar surface area (TPSA) is 37.0 Å². The Hall–Kier alpha value is -0.640. The van der Waals surface area contributed by atoms with Gasteiger partial charge in [-0.25, -0.2) is 0 Å². The maximum atomic E-state index is 6.05. The van der Waals surface area contributed by atoms with Crippen molar-refractivity contribution in [3.8, 4) is 0 Å². The zero-order valence-corrected chi connectivity index (χ0v) is 8.01. The highest BCUT2D eigenvalue weighted by atomic mass is 35.5. The van der Waals surface area contributed by atoms with E-state index in [1.165, 1.54) is 0 Å². The zero-order chi connectivity index (χ0) is 9.10. The quantitative estimate of drug-likeness (QED) is 0.705. The Morgan fingerprint density at radius 3 is 3.08 bits per heavy atom. The van der Waals surface area contributed by atoms with Crippen LogP contribution in [0.2, 0.25) is 5.02 Å². The van der Waals surface area contributed by atoms with Gasteiger partial charge >= 0.3 is 0 Å². The summed E-state index contributed by atoms with van der Waals surface area (Å²) in [5.74, 6) is 0. The number of hydrogen-bond acceptors (Lipinski definition) is 3. The molecule has 0 radical (unpaired) electrons. The normalized spacial score (nSPS) is 23.0. The number of hydrogen-bond donors (Lipinski definition) is 2. The van der Waals surface area contributed by atoms with E-state index in [-0.39, 0.29) is 0 Å². The monoisotopic (exact) mass is 197 g/mol. The Labute approximate surface area is 82.5 Å². The molecule has 0 aliphatic carbocycles. The van der Waals surface area contributed by atoms with Gasteiger partial charge in [-0.15, -0.1) is 0 Å². The Morgan fingerprint density at radius 2 is 2.38 bits per heavy atom. The van der Waals surface area contributed by atoms with Gasteiger partial charge in [-0.05, 0) is 6.07 Å². The second-order valence-corrected chi connectivity index (χ2v) is 3.52. The smallest absolute Gasteiger partial charge is 0.0485 e. The fourth-order valence-electron chi connectivity index (χ4n) is 1.52. The fourth-order valence-corrected chi connectivity index (χ4v) is 1.76. The molecule has 0 bridgehead atoms. The fraction of sp³-hybridized carbons (Fsp3) is 0.444. The standard InChI is InChI=1S/C9H12ClN3/c10-8-1-2-11-5-7(8)9-6-12-3-4-13-9/h1-2,5,9,12-13H,3-4,6H2. The summed E-state index contributed by atoms with van der Waals surface area (Å²) in [5.41, 5.74) is 1.08. The molecule has 1 unspecified atom stereocenters. The highest BCUT2D eigenvalue weighted by Crippen LogP contribution is 2.21. The molecular formula is C9H12ClN3. The molecular weight excluding hydrogens is 186 g/mol. The molecule has 0 saturated carbocycles. The number of rotatable bonds is 1. The number of pyridine rings is 1. The van der Waals surface area contributed by atoms with Crippen molar-refractivity contribution in [2.24, 2.45) is 0 Å². The summed E-state index contributed by atoms with van der Waals surface area (Å²) in [4.78, 5) is 4.07. The van der Waals surface area contributed by atoms with Crippen molar-refractivity contribution in [2.75, 3.05) is 19.6 Å². The SMILES string of the molecule is Clc1ccncc1C1CNCCN1. The minimum Gasteiger partial charge on any atom is -0.314 e. The molecule has 2 N–H and O–H groups in total. The van der Waals surface area contributed by atoms with Gasteiger partial charge in [0.25, 0.3) is 0 Å². The van der Waals surface area contributed by atoms with Crippen molar-refractivity contribution in [3.63, 3.8) is 0 Å². The number of aromatic nitrogens is 1. The van der Waals surface area contributed by atoms with Crippen LogP contribution in [0.3, 0.4) is 0 Å². The van der Waals surface area contributed by atoms with Crippen LogP contribution < -0.4 is 10.6 Å². The summed E-state index contributed by atoms with van der Waals surface area (Å²) in [6.07, 6.45) is 3.54. The van der Waals surface area contributed by atoms with E-state index in [4.69, 9.17) is 11.6 Å². The molecule has 1 aromatic heterocycles. The van der Waals surface area contributed by atoms with Crippen molar-refractivity contribution < 1.29 is 0 Å². The summed E-state index contributed by atoms with van der Waals surface area (Å²) in [7, 11) is 0. The molecule has 1 aromatic rings. The maximum Gasteiger partial charge on any atom is 0.0485 e. The van der Waals surface area contributed by atoms with Gasteiger partial charge < -0.3 is 10.6 Å². The molecule has 70 valence electrons. The largest absolute Gasteiger partial charge is 0.314 e. The van der Waals surface area contributed by atoms with E-state index in [0.29, 0.717) is 6.04 Å². The highest BCUT2D eigenvalue weighted by Gasteiger charge is 2.16. The van der Waals surface area contributed by atoms with Crippen LogP contribution in [-0.2, 0) is 0 Å². The lowest BCUT2D eigenvalue weighted by Gasteiger charge is -2.25. The summed E-state index contributed by atoms with van der Waals surface area (Å²) < 4.78 is 0. The van der Waals surface area contributed by atoms with E-state index in [9.17, 15) is 0 Å². The summed E-state index contributed by atoms with van der Waals surface area (Å²) in [6, 6.07) is 2.13. The lowest BCUT2D eigenvalue weighted by atomic mass is 10.1. The molecule has 0 aromatic carbocycles. The lowest BCUT2D eigenvalue weighted by Crippen LogP contribution is -2.42. The van der Waals surface area contributed by atoms with Crippen LogP contribution in [0, 0.1) is 0 Å². The second-order valence-electron chi connectivity index (χ2n) is 3.11. The van der Waals surface area contributed by atoms with E-state index >= 15 is 0 Å². The van der Waals surface area contributed by atoms with E-state index in [2.05, 4.69) is 15.6 Å². The van der Waals surface area contributed by atoms with Crippen LogP contribution in [-0.4, -0.2) is 24.6 Å². The third-order valence-electron chi connectivity index (χ3n) is 2.21. The maximum absolute atomic E-state index is 6.05. The number of nitrogens with one attached hydrogen (secondary N) is 2. The van der Waals surface area contributed by atoms with Gasteiger partial charge in [0.2, 0.25) is 0 Å². The van der Waals surface area contributed by atoms with Crippen LogP contribution in [0.25, 0.3) is 0 Å². The van der Waals surface area contributed by atoms with Crippen molar-refractivity contribution in [2.45, 2.75) is 6.04 Å². The zero-order valence-electron chi connectivity index (χ0n) is 7.26. The first-order valence-corrected chi connectivity index (χ1v) is 4.79. The Kier molecular flexibility index (Phi) is 2.78. The lowest BCUT2D eigenvalue weighted by molar-refractivity contribution is 0.429. The van der Waals surface area contributed by atoms with Crippen molar-refractivity contribution >= 4 is 11.6 Å². The molecule has 0 amide bonds. The third kappa shape index (κ3) is 1.99. The molecule has 3 nitrogen and oxygen atoms in total. The Balaban J connectivity index is 2.18. The minimum absolute atomic E-state index is 0.301. The number of nitrogens with zero attached hydrogens (tertiary/aromatic N) is 1. The average molecular weight is 198 g/mol. The van der Waals surface area contributed by atoms with Crippen LogP contribution in [0.1, 0.15) is 11.6 Å². The van der Waals surface area contributed by atoms with E-state index < -0.39 is 0 Å². The van der Waals surface area contributed by atoms with Gasteiger partial charge in [-0.1, -0.05) is 11.6 Å². The predicted octanol–water partition coefficient (Wildman–Crippen LogP) is 0.969. The molecule has 1 atom stereocenters. The van der Waals surface area contributed by atoms with Gasteiger partial charge in [0.1, 0.15) is 0 Å². The van der Waals surface area contributed by atoms with E-state index in [1.807, 2.05) is 12.3 Å². The van der Waals surface area contributed by atoms with Crippen LogP contribution in [0.5, 0.6) is 0 Å². The van der Waals surface area contributed by atoms with Gasteiger partial charge in [0.15, 0.2) is 0 Å². The Bertz CT molecular complexity index is 284. The van der Waals surface area contributed by atoms with Crippen LogP contribution in [0.4, 0.5) is 0 Å². The molecule has 13 heavy (non-hydrogen) atoms. The first kappa shape index (κ1) is 8.94. The highest BCUT2D eigenvalue weighted by molar-refractivity contribution is 6.31. The second kappa shape index (κ2) is 4.05. The minimum atomic E-state index is 0.301. The predicted molar refractivity (Wildman–Crippen MR) is 52.9 cm³/mol. The third-order valence-corrected chi connectivity index (χ3v) is 2.56. The molecule has 1 saturated heterocycles. The number of halogens is 1. The van der Waals surface area contributed by atoms with Crippen LogP contribution >= 0.6 is 11.6 Å². The molecule has 2 rings (SSSR count). The van der Waals surface area contributed by atoms with Crippen LogP contribution in [0.15, 0.2) is 18.5 Å². The first-order valence-electron chi connectivity index (χ1n) is 4.41. The van der Waals surface area contributed by atoms with E-state index in [0.717, 1.165) is 30.2 Å². The molecule has 2 heterocycles. The first-order chi connectivity index (χ1) is 6.38. The number of piperazine rings is 1. The molecule has 4 heteroatoms.